The van der Waals surface area contributed by atoms with Crippen LogP contribution in [0.1, 0.15) is 33.1 Å². The second-order valence-corrected chi connectivity index (χ2v) is 6.62. The van der Waals surface area contributed by atoms with E-state index < -0.39 is 9.84 Å². The molecule has 0 aromatic heterocycles. The van der Waals surface area contributed by atoms with Crippen molar-refractivity contribution in [3.05, 3.63) is 0 Å². The van der Waals surface area contributed by atoms with E-state index in [1.165, 1.54) is 0 Å². The van der Waals surface area contributed by atoms with Crippen molar-refractivity contribution < 1.29 is 8.42 Å². The quantitative estimate of drug-likeness (QED) is 0.773. The highest BCUT2D eigenvalue weighted by Gasteiger charge is 2.23. The van der Waals surface area contributed by atoms with E-state index >= 15 is 0 Å². The normalized spacial score (nSPS) is 24.7. The molecule has 1 aliphatic rings. The summed E-state index contributed by atoms with van der Waals surface area (Å²) in [4.78, 5) is 0. The van der Waals surface area contributed by atoms with Crippen molar-refractivity contribution >= 4 is 9.84 Å². The standard InChI is InChI=1S/C10H21NO2S/c1-3-9(2)11-8-10-4-6-14(12,13)7-5-10/h9-11H,3-8H2,1-2H3. The molecule has 1 atom stereocenters. The lowest BCUT2D eigenvalue weighted by Gasteiger charge is -2.23. The van der Waals surface area contributed by atoms with Crippen LogP contribution in [-0.4, -0.2) is 32.5 Å². The number of hydrogen-bond donors (Lipinski definition) is 1. The predicted molar refractivity (Wildman–Crippen MR) is 59.1 cm³/mol. The fourth-order valence-electron chi connectivity index (χ4n) is 1.66. The second kappa shape index (κ2) is 5.12. The largest absolute Gasteiger partial charge is 0.314 e. The van der Waals surface area contributed by atoms with Crippen LogP contribution in [0.25, 0.3) is 0 Å². The molecule has 1 rings (SSSR count). The Balaban J connectivity index is 2.23. The van der Waals surface area contributed by atoms with E-state index in [2.05, 4.69) is 19.2 Å². The second-order valence-electron chi connectivity index (χ2n) is 4.31. The summed E-state index contributed by atoms with van der Waals surface area (Å²) in [7, 11) is -2.69. The summed E-state index contributed by atoms with van der Waals surface area (Å²) >= 11 is 0. The molecule has 4 heteroatoms. The Morgan fingerprint density at radius 2 is 1.93 bits per heavy atom. The van der Waals surface area contributed by atoms with Gasteiger partial charge in [0.15, 0.2) is 0 Å². The molecular weight excluding hydrogens is 198 g/mol. The van der Waals surface area contributed by atoms with Crippen LogP contribution < -0.4 is 5.32 Å². The van der Waals surface area contributed by atoms with Gasteiger partial charge in [0.05, 0.1) is 11.5 Å². The Hall–Kier alpha value is -0.0900. The van der Waals surface area contributed by atoms with Crippen LogP contribution >= 0.6 is 0 Å². The van der Waals surface area contributed by atoms with Gasteiger partial charge < -0.3 is 5.32 Å². The maximum absolute atomic E-state index is 11.2. The van der Waals surface area contributed by atoms with Crippen LogP contribution in [0.5, 0.6) is 0 Å². The van der Waals surface area contributed by atoms with Gasteiger partial charge in [0, 0.05) is 6.04 Å². The molecule has 1 saturated heterocycles. The van der Waals surface area contributed by atoms with Gasteiger partial charge in [-0.2, -0.15) is 0 Å². The van der Waals surface area contributed by atoms with Crippen LogP contribution in [0, 0.1) is 5.92 Å². The Bertz CT molecular complexity index is 247. The lowest BCUT2D eigenvalue weighted by Crippen LogP contribution is -2.34. The molecule has 1 fully saturated rings. The van der Waals surface area contributed by atoms with E-state index in [0.717, 1.165) is 25.8 Å². The van der Waals surface area contributed by atoms with Crippen molar-refractivity contribution in [2.45, 2.75) is 39.2 Å². The monoisotopic (exact) mass is 219 g/mol. The molecule has 0 amide bonds. The van der Waals surface area contributed by atoms with Crippen molar-refractivity contribution in [2.75, 3.05) is 18.1 Å². The van der Waals surface area contributed by atoms with E-state index in [9.17, 15) is 8.42 Å². The summed E-state index contributed by atoms with van der Waals surface area (Å²) in [6.45, 7) is 5.30. The molecule has 0 bridgehead atoms. The zero-order valence-corrected chi connectivity index (χ0v) is 9.94. The van der Waals surface area contributed by atoms with Crippen molar-refractivity contribution in [1.82, 2.24) is 5.32 Å². The Labute approximate surface area is 87.2 Å². The van der Waals surface area contributed by atoms with Crippen molar-refractivity contribution in [3.63, 3.8) is 0 Å². The topological polar surface area (TPSA) is 46.2 Å². The molecule has 0 aromatic carbocycles. The predicted octanol–water partition coefficient (Wildman–Crippen LogP) is 1.20. The average Bonchev–Trinajstić information content (AvgIpc) is 2.16. The molecule has 1 aliphatic heterocycles. The highest BCUT2D eigenvalue weighted by atomic mass is 32.2. The zero-order chi connectivity index (χ0) is 10.6. The summed E-state index contributed by atoms with van der Waals surface area (Å²) in [6, 6.07) is 0.550. The van der Waals surface area contributed by atoms with E-state index in [1.807, 2.05) is 0 Å². The third-order valence-electron chi connectivity index (χ3n) is 3.04. The first-order valence-electron chi connectivity index (χ1n) is 5.47. The molecule has 0 saturated carbocycles. The Morgan fingerprint density at radius 3 is 2.43 bits per heavy atom. The van der Waals surface area contributed by atoms with Gasteiger partial charge in [-0.15, -0.1) is 0 Å². The van der Waals surface area contributed by atoms with Crippen LogP contribution in [-0.2, 0) is 9.84 Å². The number of hydrogen-bond acceptors (Lipinski definition) is 3. The molecule has 84 valence electrons. The zero-order valence-electron chi connectivity index (χ0n) is 9.12. The van der Waals surface area contributed by atoms with Gasteiger partial charge in [-0.05, 0) is 38.6 Å². The molecule has 14 heavy (non-hydrogen) atoms. The lowest BCUT2D eigenvalue weighted by molar-refractivity contribution is 0.402. The Kier molecular flexibility index (Phi) is 4.38. The summed E-state index contributed by atoms with van der Waals surface area (Å²) in [6.07, 6.45) is 2.81. The molecule has 1 N–H and O–H groups in total. The molecule has 1 unspecified atom stereocenters. The van der Waals surface area contributed by atoms with Crippen LogP contribution in [0.2, 0.25) is 0 Å². The van der Waals surface area contributed by atoms with Crippen molar-refractivity contribution in [1.29, 1.82) is 0 Å². The molecule has 0 aliphatic carbocycles. The first-order chi connectivity index (χ1) is 6.53. The van der Waals surface area contributed by atoms with Crippen molar-refractivity contribution in [2.24, 2.45) is 5.92 Å². The third-order valence-corrected chi connectivity index (χ3v) is 4.76. The number of nitrogens with one attached hydrogen (secondary N) is 1. The van der Waals surface area contributed by atoms with Gasteiger partial charge in [-0.1, -0.05) is 6.92 Å². The minimum atomic E-state index is -2.69. The fraction of sp³-hybridized carbons (Fsp3) is 1.00. The maximum Gasteiger partial charge on any atom is 0.150 e. The average molecular weight is 219 g/mol. The van der Waals surface area contributed by atoms with E-state index in [1.54, 1.807) is 0 Å². The fourth-order valence-corrected chi connectivity index (χ4v) is 3.24. The van der Waals surface area contributed by atoms with E-state index in [0.29, 0.717) is 23.5 Å². The van der Waals surface area contributed by atoms with Crippen LogP contribution in [0.15, 0.2) is 0 Å². The molecular formula is C10H21NO2S. The number of rotatable bonds is 4. The van der Waals surface area contributed by atoms with Gasteiger partial charge in [-0.3, -0.25) is 0 Å². The third kappa shape index (κ3) is 3.96. The van der Waals surface area contributed by atoms with Gasteiger partial charge >= 0.3 is 0 Å². The summed E-state index contributed by atoms with van der Waals surface area (Å²) in [5, 5.41) is 3.43. The molecule has 0 spiro atoms. The van der Waals surface area contributed by atoms with Gasteiger partial charge in [0.25, 0.3) is 0 Å². The van der Waals surface area contributed by atoms with Crippen LogP contribution in [0.3, 0.4) is 0 Å². The Morgan fingerprint density at radius 1 is 1.36 bits per heavy atom. The lowest BCUT2D eigenvalue weighted by atomic mass is 10.0. The SMILES string of the molecule is CCC(C)NCC1CCS(=O)(=O)CC1. The minimum Gasteiger partial charge on any atom is -0.314 e. The highest BCUT2D eigenvalue weighted by Crippen LogP contribution is 2.18. The van der Waals surface area contributed by atoms with Gasteiger partial charge in [-0.25, -0.2) is 8.42 Å². The molecule has 3 nitrogen and oxygen atoms in total. The van der Waals surface area contributed by atoms with E-state index in [-0.39, 0.29) is 0 Å². The van der Waals surface area contributed by atoms with Crippen molar-refractivity contribution in [3.8, 4) is 0 Å². The first kappa shape index (κ1) is 12.0. The van der Waals surface area contributed by atoms with Crippen LogP contribution in [0.4, 0.5) is 0 Å². The minimum absolute atomic E-state index is 0.389. The molecule has 0 radical (unpaired) electrons. The smallest absolute Gasteiger partial charge is 0.150 e. The van der Waals surface area contributed by atoms with Gasteiger partial charge in [0.2, 0.25) is 0 Å². The number of sulfone groups is 1. The first-order valence-corrected chi connectivity index (χ1v) is 7.29. The highest BCUT2D eigenvalue weighted by molar-refractivity contribution is 7.91. The molecule has 1 heterocycles. The summed E-state index contributed by atoms with van der Waals surface area (Å²) in [5.41, 5.74) is 0. The summed E-state index contributed by atoms with van der Waals surface area (Å²) in [5.74, 6) is 1.34. The maximum atomic E-state index is 11.2. The summed E-state index contributed by atoms with van der Waals surface area (Å²) < 4.78 is 22.3. The van der Waals surface area contributed by atoms with Gasteiger partial charge in [0.1, 0.15) is 9.84 Å². The molecule has 0 aromatic rings. The van der Waals surface area contributed by atoms with E-state index in [4.69, 9.17) is 0 Å².